The van der Waals surface area contributed by atoms with Crippen molar-refractivity contribution in [2.75, 3.05) is 0 Å². The predicted octanol–water partition coefficient (Wildman–Crippen LogP) is 5.48. The van der Waals surface area contributed by atoms with Crippen LogP contribution in [0.1, 0.15) is 70.1 Å². The molecule has 2 fully saturated rings. The highest BCUT2D eigenvalue weighted by molar-refractivity contribution is 6.13. The summed E-state index contributed by atoms with van der Waals surface area (Å²) < 4.78 is 0. The normalized spacial score (nSPS) is 41.8. The van der Waals surface area contributed by atoms with Gasteiger partial charge in [-0.3, -0.25) is 0 Å². The smallest absolute Gasteiger partial charge is 0.116 e. The summed E-state index contributed by atoms with van der Waals surface area (Å²) in [4.78, 5) is 3.09. The quantitative estimate of drug-likeness (QED) is 0.649. The summed E-state index contributed by atoms with van der Waals surface area (Å²) in [6, 6.07) is 4.38. The Labute approximate surface area is 157 Å². The zero-order valence-corrected chi connectivity index (χ0v) is 17.0. The van der Waals surface area contributed by atoms with Gasteiger partial charge in [-0.05, 0) is 108 Å². The number of phenolic OH excluding ortho intramolecular Hbond substituents is 1. The number of hydrogen-bond acceptors (Lipinski definition) is 2. The minimum Gasteiger partial charge on any atom is -0.508 e. The number of benzene rings is 1. The highest BCUT2D eigenvalue weighted by Gasteiger charge is 2.62. The number of aryl methyl sites for hydroxylation is 1. The van der Waals surface area contributed by atoms with Crippen molar-refractivity contribution < 1.29 is 5.11 Å². The van der Waals surface area contributed by atoms with E-state index in [9.17, 15) is 5.11 Å². The fourth-order valence-electron chi connectivity index (χ4n) is 7.55. The number of rotatable bonds is 1. The van der Waals surface area contributed by atoms with Crippen molar-refractivity contribution in [1.29, 1.82) is 0 Å². The summed E-state index contributed by atoms with van der Waals surface area (Å²) >= 11 is 6.11. The van der Waals surface area contributed by atoms with Gasteiger partial charge in [0.2, 0.25) is 0 Å². The fourth-order valence-corrected chi connectivity index (χ4v) is 7.94. The van der Waals surface area contributed by atoms with Gasteiger partial charge in [-0.1, -0.05) is 27.7 Å². The first-order valence-electron chi connectivity index (χ1n) is 9.83. The van der Waals surface area contributed by atoms with E-state index in [4.69, 9.17) is 11.8 Å². The van der Waals surface area contributed by atoms with Gasteiger partial charge in [0.1, 0.15) is 5.75 Å². The number of nitrogens with one attached hydrogen (secondary N) is 1. The van der Waals surface area contributed by atoms with Crippen LogP contribution >= 0.6 is 11.8 Å². The molecular weight excluding hydrogens is 330 g/mol. The van der Waals surface area contributed by atoms with Gasteiger partial charge < -0.3 is 5.11 Å². The largest absolute Gasteiger partial charge is 0.508 e. The average Bonchev–Trinajstić information content (AvgIpc) is 2.80. The minimum atomic E-state index is 0.210. The van der Waals surface area contributed by atoms with Crippen LogP contribution in [-0.4, -0.2) is 11.1 Å². The molecule has 2 nitrogen and oxygen atoms in total. The fraction of sp³-hybridized carbons (Fsp3) is 0.727. The molecule has 0 radical (unpaired) electrons. The second kappa shape index (κ2) is 5.39. The molecule has 3 aliphatic carbocycles. The molecule has 0 aliphatic heterocycles. The molecule has 5 atom stereocenters. The number of halogens is 1. The molecule has 2 N–H and O–H groups in total. The van der Waals surface area contributed by atoms with Gasteiger partial charge in [-0.25, -0.2) is 4.84 Å². The number of hydrogen-bond donors (Lipinski definition) is 2. The third-order valence-corrected chi connectivity index (χ3v) is 8.87. The van der Waals surface area contributed by atoms with Gasteiger partial charge >= 0.3 is 0 Å². The molecule has 3 heteroatoms. The van der Waals surface area contributed by atoms with Crippen LogP contribution in [0.3, 0.4) is 0 Å². The molecule has 3 aliphatic rings. The monoisotopic (exact) mass is 361 g/mol. The molecule has 2 saturated carbocycles. The summed E-state index contributed by atoms with van der Waals surface area (Å²) in [5.41, 5.74) is 4.99. The van der Waals surface area contributed by atoms with Crippen LogP contribution < -0.4 is 4.84 Å². The van der Waals surface area contributed by atoms with E-state index in [1.165, 1.54) is 36.0 Å². The van der Waals surface area contributed by atoms with Gasteiger partial charge in [0.05, 0.1) is 0 Å². The molecule has 1 aromatic carbocycles. The summed E-state index contributed by atoms with van der Waals surface area (Å²) in [6.07, 6.45) is 6.02. The zero-order chi connectivity index (χ0) is 18.2. The van der Waals surface area contributed by atoms with Gasteiger partial charge in [-0.15, -0.1) is 0 Å². The maximum Gasteiger partial charge on any atom is 0.116 e. The van der Waals surface area contributed by atoms with Crippen LogP contribution in [0.25, 0.3) is 0 Å². The first-order chi connectivity index (χ1) is 11.6. The van der Waals surface area contributed by atoms with E-state index in [-0.39, 0.29) is 10.8 Å². The van der Waals surface area contributed by atoms with Crippen LogP contribution in [0.15, 0.2) is 12.1 Å². The van der Waals surface area contributed by atoms with Crippen molar-refractivity contribution in [2.24, 2.45) is 22.7 Å². The molecule has 0 bridgehead atoms. The SMILES string of the molecule is Cc1cc(O)cc2c1[C@]1(C)CC[C@H]3C(C)(C)[C@@H](NCl)CC[C@]3(C)[C@H]1C2. The predicted molar refractivity (Wildman–Crippen MR) is 104 cm³/mol. The van der Waals surface area contributed by atoms with Gasteiger partial charge in [-0.2, -0.15) is 0 Å². The molecule has 0 amide bonds. The Morgan fingerprint density at radius 1 is 1.08 bits per heavy atom. The number of aromatic hydroxyl groups is 1. The first-order valence-corrected chi connectivity index (χ1v) is 10.2. The molecule has 25 heavy (non-hydrogen) atoms. The van der Waals surface area contributed by atoms with Crippen LogP contribution in [0.2, 0.25) is 0 Å². The molecule has 0 aromatic heterocycles. The Kier molecular flexibility index (Phi) is 3.81. The lowest BCUT2D eigenvalue weighted by Crippen LogP contribution is -2.60. The Bertz CT molecular complexity index is 714. The lowest BCUT2D eigenvalue weighted by molar-refractivity contribution is -0.109. The summed E-state index contributed by atoms with van der Waals surface area (Å²) in [5.74, 6) is 1.77. The van der Waals surface area contributed by atoms with E-state index >= 15 is 0 Å². The van der Waals surface area contributed by atoms with E-state index < -0.39 is 0 Å². The maximum atomic E-state index is 10.1. The Morgan fingerprint density at radius 2 is 1.80 bits per heavy atom. The van der Waals surface area contributed by atoms with Crippen LogP contribution in [0.4, 0.5) is 0 Å². The number of fused-ring (bicyclic) bond motifs is 5. The Morgan fingerprint density at radius 3 is 2.48 bits per heavy atom. The lowest BCUT2D eigenvalue weighted by atomic mass is 9.42. The first kappa shape index (κ1) is 17.7. The lowest BCUT2D eigenvalue weighted by Gasteiger charge is -2.63. The molecule has 1 aromatic rings. The van der Waals surface area contributed by atoms with E-state index in [1.54, 1.807) is 0 Å². The van der Waals surface area contributed by atoms with Crippen molar-refractivity contribution in [3.8, 4) is 5.75 Å². The second-order valence-corrected chi connectivity index (χ2v) is 10.3. The summed E-state index contributed by atoms with van der Waals surface area (Å²) in [6.45, 7) is 12.0. The third-order valence-electron chi connectivity index (χ3n) is 8.61. The van der Waals surface area contributed by atoms with E-state index in [2.05, 4.69) is 39.5 Å². The van der Waals surface area contributed by atoms with Gasteiger partial charge in [0.15, 0.2) is 0 Å². The molecule has 138 valence electrons. The molecular formula is C22H32ClNO. The van der Waals surface area contributed by atoms with E-state index in [0.717, 1.165) is 12.8 Å². The molecule has 0 saturated heterocycles. The zero-order valence-electron chi connectivity index (χ0n) is 16.2. The van der Waals surface area contributed by atoms with Crippen molar-refractivity contribution in [2.45, 2.75) is 78.2 Å². The maximum absolute atomic E-state index is 10.1. The van der Waals surface area contributed by atoms with Crippen LogP contribution in [0, 0.1) is 29.6 Å². The van der Waals surface area contributed by atoms with Crippen LogP contribution in [0.5, 0.6) is 5.75 Å². The minimum absolute atomic E-state index is 0.210. The van der Waals surface area contributed by atoms with Crippen LogP contribution in [-0.2, 0) is 11.8 Å². The van der Waals surface area contributed by atoms with Crippen molar-refractivity contribution in [3.05, 3.63) is 28.8 Å². The van der Waals surface area contributed by atoms with Crippen molar-refractivity contribution in [1.82, 2.24) is 4.84 Å². The molecule has 4 rings (SSSR count). The Hall–Kier alpha value is -0.730. The Balaban J connectivity index is 1.80. The van der Waals surface area contributed by atoms with Crippen molar-refractivity contribution in [3.63, 3.8) is 0 Å². The highest BCUT2D eigenvalue weighted by atomic mass is 35.5. The topological polar surface area (TPSA) is 32.3 Å². The standard InChI is InChI=1S/C22H32ClNO/c1-13-10-15(25)11-14-12-17-21(4)9-7-18(24-23)20(2,3)16(21)6-8-22(17,5)19(13)14/h10-11,16-18,24-25H,6-9,12H2,1-5H3/t16-,17+,18-,21-,22+/m0/s1. The second-order valence-electron chi connectivity index (χ2n) is 10.1. The number of phenols is 1. The van der Waals surface area contributed by atoms with Gasteiger partial charge in [0, 0.05) is 6.04 Å². The average molecular weight is 362 g/mol. The highest BCUT2D eigenvalue weighted by Crippen LogP contribution is 2.67. The molecule has 0 spiro atoms. The summed E-state index contributed by atoms with van der Waals surface area (Å²) in [5, 5.41) is 10.1. The van der Waals surface area contributed by atoms with Crippen molar-refractivity contribution >= 4 is 11.8 Å². The van der Waals surface area contributed by atoms with E-state index in [1.807, 2.05) is 12.1 Å². The third kappa shape index (κ3) is 2.19. The molecule has 0 heterocycles. The van der Waals surface area contributed by atoms with E-state index in [0.29, 0.717) is 29.0 Å². The van der Waals surface area contributed by atoms with Gasteiger partial charge in [0.25, 0.3) is 0 Å². The summed E-state index contributed by atoms with van der Waals surface area (Å²) in [7, 11) is 0. The molecule has 0 unspecified atom stereocenters.